The van der Waals surface area contributed by atoms with E-state index < -0.39 is 0 Å². The quantitative estimate of drug-likeness (QED) is 0.733. The van der Waals surface area contributed by atoms with E-state index in [-0.39, 0.29) is 31.7 Å². The number of ketones is 2. The van der Waals surface area contributed by atoms with Gasteiger partial charge in [0, 0.05) is 0 Å². The van der Waals surface area contributed by atoms with Gasteiger partial charge in [0.25, 0.3) is 0 Å². The van der Waals surface area contributed by atoms with Gasteiger partial charge in [0.1, 0.15) is 0 Å². The molecule has 0 unspecified atom stereocenters. The van der Waals surface area contributed by atoms with Crippen LogP contribution in [0.15, 0.2) is 21.4 Å². The third kappa shape index (κ3) is 1.26. The molecule has 0 bridgehead atoms. The third-order valence-electron chi connectivity index (χ3n) is 1.81. The summed E-state index contributed by atoms with van der Waals surface area (Å²) in [5.74, 6) is -0.525. The van der Waals surface area contributed by atoms with Crippen molar-refractivity contribution in [2.24, 2.45) is 0 Å². The number of carbonyl (C=O) groups excluding carboxylic acids is 2. The summed E-state index contributed by atoms with van der Waals surface area (Å²) >= 11 is 6.09. The number of carbonyl (C=O) groups is 2. The molecule has 0 aliphatic heterocycles. The molecule has 0 atom stereocenters. The SMILES string of the molecule is O=C1C(Br)=C(Br)C(=O)c2cnncc21. The summed E-state index contributed by atoms with van der Waals surface area (Å²) in [4.78, 5) is 23.2. The highest BCUT2D eigenvalue weighted by molar-refractivity contribution is 9.14. The van der Waals surface area contributed by atoms with Crippen LogP contribution in [0.3, 0.4) is 0 Å². The van der Waals surface area contributed by atoms with Crippen LogP contribution < -0.4 is 0 Å². The topological polar surface area (TPSA) is 59.9 Å². The van der Waals surface area contributed by atoms with E-state index in [0.717, 1.165) is 0 Å². The lowest BCUT2D eigenvalue weighted by molar-refractivity contribution is 0.0988. The minimum absolute atomic E-state index is 0.225. The van der Waals surface area contributed by atoms with E-state index in [4.69, 9.17) is 0 Å². The summed E-state index contributed by atoms with van der Waals surface area (Å²) in [6.07, 6.45) is 2.58. The number of fused-ring (bicyclic) bond motifs is 1. The molecule has 0 aromatic carbocycles. The minimum atomic E-state index is -0.263. The van der Waals surface area contributed by atoms with Gasteiger partial charge in [-0.15, -0.1) is 0 Å². The molecule has 0 spiro atoms. The van der Waals surface area contributed by atoms with Crippen LogP contribution in [0.1, 0.15) is 20.7 Å². The second kappa shape index (κ2) is 3.36. The fourth-order valence-corrected chi connectivity index (χ4v) is 1.91. The summed E-state index contributed by atoms with van der Waals surface area (Å²) in [5.41, 5.74) is 0.556. The smallest absolute Gasteiger partial charge is 0.203 e. The second-order valence-electron chi connectivity index (χ2n) is 2.60. The number of rotatable bonds is 0. The molecule has 0 N–H and O–H groups in total. The third-order valence-corrected chi connectivity index (χ3v) is 3.86. The monoisotopic (exact) mass is 316 g/mol. The first-order valence-electron chi connectivity index (χ1n) is 3.58. The van der Waals surface area contributed by atoms with Crippen LogP contribution in [-0.4, -0.2) is 21.8 Å². The van der Waals surface area contributed by atoms with Crippen molar-refractivity contribution >= 4 is 43.4 Å². The Morgan fingerprint density at radius 3 is 1.57 bits per heavy atom. The molecule has 1 heterocycles. The summed E-state index contributed by atoms with van der Waals surface area (Å²) in [6, 6.07) is 0. The van der Waals surface area contributed by atoms with E-state index in [1.807, 2.05) is 0 Å². The number of nitrogens with zero attached hydrogens (tertiary/aromatic N) is 2. The molecule has 1 aliphatic rings. The number of hydrogen-bond acceptors (Lipinski definition) is 4. The van der Waals surface area contributed by atoms with Crippen LogP contribution in [-0.2, 0) is 0 Å². The first-order chi connectivity index (χ1) is 6.63. The van der Waals surface area contributed by atoms with Gasteiger partial charge >= 0.3 is 0 Å². The zero-order valence-corrected chi connectivity index (χ0v) is 9.79. The molecule has 1 aromatic heterocycles. The zero-order chi connectivity index (χ0) is 10.3. The van der Waals surface area contributed by atoms with Crippen LogP contribution in [0.25, 0.3) is 0 Å². The highest BCUT2D eigenvalue weighted by Crippen LogP contribution is 2.31. The fraction of sp³-hybridized carbons (Fsp3) is 0. The van der Waals surface area contributed by atoms with Gasteiger partial charge in [-0.2, -0.15) is 10.2 Å². The second-order valence-corrected chi connectivity index (χ2v) is 4.19. The van der Waals surface area contributed by atoms with Crippen molar-refractivity contribution in [2.75, 3.05) is 0 Å². The largest absolute Gasteiger partial charge is 0.288 e. The van der Waals surface area contributed by atoms with Crippen molar-refractivity contribution in [3.05, 3.63) is 32.5 Å². The van der Waals surface area contributed by atoms with Crippen molar-refractivity contribution in [3.63, 3.8) is 0 Å². The molecule has 0 saturated heterocycles. The van der Waals surface area contributed by atoms with E-state index in [1.165, 1.54) is 12.4 Å². The Kier molecular flexibility index (Phi) is 2.32. The van der Waals surface area contributed by atoms with Crippen molar-refractivity contribution < 1.29 is 9.59 Å². The Hall–Kier alpha value is -0.880. The normalized spacial score (nSPS) is 15.9. The van der Waals surface area contributed by atoms with Crippen molar-refractivity contribution in [1.29, 1.82) is 0 Å². The fourth-order valence-electron chi connectivity index (χ4n) is 1.12. The molecule has 0 fully saturated rings. The lowest BCUT2D eigenvalue weighted by Gasteiger charge is -2.12. The van der Waals surface area contributed by atoms with E-state index in [9.17, 15) is 9.59 Å². The molecule has 6 heteroatoms. The number of Topliss-reactive ketones (excluding diaryl/α,β-unsaturated/α-hetero) is 2. The van der Waals surface area contributed by atoms with Crippen molar-refractivity contribution in [2.45, 2.75) is 0 Å². The lowest BCUT2D eigenvalue weighted by Crippen LogP contribution is -2.18. The zero-order valence-electron chi connectivity index (χ0n) is 6.62. The van der Waals surface area contributed by atoms with E-state index in [0.29, 0.717) is 0 Å². The number of halogens is 2. The van der Waals surface area contributed by atoms with Gasteiger partial charge in [0.05, 0.1) is 32.5 Å². The van der Waals surface area contributed by atoms with Crippen LogP contribution in [0, 0.1) is 0 Å². The van der Waals surface area contributed by atoms with Gasteiger partial charge in [0.2, 0.25) is 11.6 Å². The molecule has 14 heavy (non-hydrogen) atoms. The van der Waals surface area contributed by atoms with Crippen molar-refractivity contribution in [3.8, 4) is 0 Å². The van der Waals surface area contributed by atoms with Gasteiger partial charge in [-0.3, -0.25) is 9.59 Å². The van der Waals surface area contributed by atoms with E-state index >= 15 is 0 Å². The Labute approximate surface area is 95.7 Å². The van der Waals surface area contributed by atoms with Crippen molar-refractivity contribution in [1.82, 2.24) is 10.2 Å². The van der Waals surface area contributed by atoms with Gasteiger partial charge in [-0.05, 0) is 31.9 Å². The summed E-state index contributed by atoms with van der Waals surface area (Å²) < 4.78 is 0.450. The maximum absolute atomic E-state index is 11.6. The average molecular weight is 318 g/mol. The summed E-state index contributed by atoms with van der Waals surface area (Å²) in [6.45, 7) is 0. The highest BCUT2D eigenvalue weighted by atomic mass is 79.9. The summed E-state index contributed by atoms with van der Waals surface area (Å²) in [7, 11) is 0. The first-order valence-corrected chi connectivity index (χ1v) is 5.17. The Balaban J connectivity index is 2.73. The first kappa shape index (κ1) is 9.67. The van der Waals surface area contributed by atoms with E-state index in [2.05, 4.69) is 42.1 Å². The average Bonchev–Trinajstić information content (AvgIpc) is 2.23. The molecule has 1 aliphatic carbocycles. The molecule has 4 nitrogen and oxygen atoms in total. The van der Waals surface area contributed by atoms with Gasteiger partial charge in [-0.25, -0.2) is 0 Å². The molecule has 0 radical (unpaired) electrons. The predicted molar refractivity (Wildman–Crippen MR) is 55.6 cm³/mol. The van der Waals surface area contributed by atoms with Crippen LogP contribution in [0.4, 0.5) is 0 Å². The Morgan fingerprint density at radius 1 is 0.857 bits per heavy atom. The molecule has 0 amide bonds. The molecule has 70 valence electrons. The molecule has 0 saturated carbocycles. The maximum atomic E-state index is 11.6. The van der Waals surface area contributed by atoms with Crippen LogP contribution >= 0.6 is 31.9 Å². The van der Waals surface area contributed by atoms with Gasteiger partial charge in [-0.1, -0.05) is 0 Å². The molecular formula is C8H2Br2N2O2. The van der Waals surface area contributed by atoms with E-state index in [1.54, 1.807) is 0 Å². The maximum Gasteiger partial charge on any atom is 0.203 e. The number of allylic oxidation sites excluding steroid dienone is 2. The Morgan fingerprint density at radius 2 is 1.21 bits per heavy atom. The minimum Gasteiger partial charge on any atom is -0.288 e. The molecule has 1 aromatic rings. The predicted octanol–water partition coefficient (Wildman–Crippen LogP) is 1.86. The lowest BCUT2D eigenvalue weighted by atomic mass is 9.98. The summed E-state index contributed by atoms with van der Waals surface area (Å²) in [5, 5.41) is 7.12. The Bertz CT molecular complexity index is 439. The highest BCUT2D eigenvalue weighted by Gasteiger charge is 2.30. The molecular weight excluding hydrogens is 316 g/mol. The molecule has 2 rings (SSSR count). The standard InChI is InChI=1S/C8H2Br2N2O2/c9-5-6(10)8(14)4-2-12-11-1-3(4)7(5)13/h1-2H. The van der Waals surface area contributed by atoms with Gasteiger partial charge < -0.3 is 0 Å². The number of aromatic nitrogens is 2. The van der Waals surface area contributed by atoms with Crippen LogP contribution in [0.2, 0.25) is 0 Å². The van der Waals surface area contributed by atoms with Crippen LogP contribution in [0.5, 0.6) is 0 Å². The number of hydrogen-bond donors (Lipinski definition) is 0. The van der Waals surface area contributed by atoms with Gasteiger partial charge in [0.15, 0.2) is 0 Å².